The number of likely N-dealkylation sites (tertiary alicyclic amines) is 1. The molecule has 94 valence electrons. The Morgan fingerprint density at radius 1 is 1.29 bits per heavy atom. The van der Waals surface area contributed by atoms with Crippen LogP contribution < -0.4 is 0 Å². The number of aromatic nitrogens is 2. The van der Waals surface area contributed by atoms with Crippen molar-refractivity contribution in [1.82, 2.24) is 14.7 Å². The van der Waals surface area contributed by atoms with E-state index < -0.39 is 0 Å². The fraction of sp³-hybridized carbons (Fsp3) is 0.692. The maximum absolute atomic E-state index is 12.4. The summed E-state index contributed by atoms with van der Waals surface area (Å²) in [6, 6.07) is 1.84. The SMILES string of the molecule is CCCn1nccc1C(=O)N1CCCCCC1. The first kappa shape index (κ1) is 12.1. The van der Waals surface area contributed by atoms with Crippen molar-refractivity contribution in [3.05, 3.63) is 18.0 Å². The second kappa shape index (κ2) is 5.84. The molecule has 4 nitrogen and oxygen atoms in total. The van der Waals surface area contributed by atoms with Crippen LogP contribution in [0.5, 0.6) is 0 Å². The Morgan fingerprint density at radius 3 is 2.65 bits per heavy atom. The molecule has 0 unspecified atom stereocenters. The normalized spacial score (nSPS) is 16.9. The van der Waals surface area contributed by atoms with Crippen LogP contribution in [0.25, 0.3) is 0 Å². The largest absolute Gasteiger partial charge is 0.337 e. The molecule has 0 spiro atoms. The maximum atomic E-state index is 12.4. The van der Waals surface area contributed by atoms with Gasteiger partial charge in [0.25, 0.3) is 5.91 Å². The highest BCUT2D eigenvalue weighted by molar-refractivity contribution is 5.92. The van der Waals surface area contributed by atoms with Crippen molar-refractivity contribution in [2.45, 2.75) is 45.6 Å². The molecule has 0 radical (unpaired) electrons. The van der Waals surface area contributed by atoms with Crippen molar-refractivity contribution >= 4 is 5.91 Å². The van der Waals surface area contributed by atoms with E-state index in [-0.39, 0.29) is 5.91 Å². The first-order valence-electron chi connectivity index (χ1n) is 6.64. The van der Waals surface area contributed by atoms with Gasteiger partial charge in [-0.3, -0.25) is 9.48 Å². The van der Waals surface area contributed by atoms with Crippen molar-refractivity contribution < 1.29 is 4.79 Å². The molecule has 4 heteroatoms. The molecule has 0 atom stereocenters. The summed E-state index contributed by atoms with van der Waals surface area (Å²) in [6.07, 6.45) is 7.49. The van der Waals surface area contributed by atoms with E-state index >= 15 is 0 Å². The van der Waals surface area contributed by atoms with E-state index in [1.807, 2.05) is 15.6 Å². The summed E-state index contributed by atoms with van der Waals surface area (Å²) in [4.78, 5) is 14.4. The highest BCUT2D eigenvalue weighted by Gasteiger charge is 2.20. The third-order valence-electron chi connectivity index (χ3n) is 3.26. The molecule has 2 heterocycles. The molecule has 0 aromatic carbocycles. The lowest BCUT2D eigenvalue weighted by Crippen LogP contribution is -2.33. The van der Waals surface area contributed by atoms with Gasteiger partial charge in [0.05, 0.1) is 0 Å². The number of hydrogen-bond acceptors (Lipinski definition) is 2. The van der Waals surface area contributed by atoms with Crippen LogP contribution >= 0.6 is 0 Å². The van der Waals surface area contributed by atoms with Crippen LogP contribution in [0.3, 0.4) is 0 Å². The molecule has 1 aliphatic heterocycles. The molecule has 1 saturated heterocycles. The van der Waals surface area contributed by atoms with Gasteiger partial charge >= 0.3 is 0 Å². The molecule has 1 aromatic rings. The second-order valence-electron chi connectivity index (χ2n) is 4.65. The molecule has 2 rings (SSSR count). The summed E-state index contributed by atoms with van der Waals surface area (Å²) in [7, 11) is 0. The van der Waals surface area contributed by atoms with Crippen molar-refractivity contribution in [2.75, 3.05) is 13.1 Å². The molecule has 0 saturated carbocycles. The highest BCUT2D eigenvalue weighted by Crippen LogP contribution is 2.13. The van der Waals surface area contributed by atoms with E-state index in [0.717, 1.165) is 44.6 Å². The highest BCUT2D eigenvalue weighted by atomic mass is 16.2. The molecule has 1 aliphatic rings. The smallest absolute Gasteiger partial charge is 0.272 e. The Hall–Kier alpha value is -1.32. The third kappa shape index (κ3) is 2.87. The third-order valence-corrected chi connectivity index (χ3v) is 3.26. The zero-order chi connectivity index (χ0) is 12.1. The van der Waals surface area contributed by atoms with E-state index in [0.29, 0.717) is 0 Å². The minimum absolute atomic E-state index is 0.151. The van der Waals surface area contributed by atoms with Gasteiger partial charge in [-0.05, 0) is 25.3 Å². The number of nitrogens with zero attached hydrogens (tertiary/aromatic N) is 3. The first-order chi connectivity index (χ1) is 8.33. The molecule has 1 fully saturated rings. The number of carbonyl (C=O) groups excluding carboxylic acids is 1. The molecule has 0 N–H and O–H groups in total. The zero-order valence-corrected chi connectivity index (χ0v) is 10.6. The summed E-state index contributed by atoms with van der Waals surface area (Å²) in [5.41, 5.74) is 0.744. The van der Waals surface area contributed by atoms with Gasteiger partial charge in [-0.2, -0.15) is 5.10 Å². The monoisotopic (exact) mass is 235 g/mol. The quantitative estimate of drug-likeness (QED) is 0.806. The van der Waals surface area contributed by atoms with Crippen LogP contribution in [0.1, 0.15) is 49.5 Å². The average molecular weight is 235 g/mol. The average Bonchev–Trinajstić information content (AvgIpc) is 2.63. The fourth-order valence-electron chi connectivity index (χ4n) is 2.34. The lowest BCUT2D eigenvalue weighted by atomic mass is 10.2. The lowest BCUT2D eigenvalue weighted by molar-refractivity contribution is 0.0749. The molecule has 1 amide bonds. The van der Waals surface area contributed by atoms with E-state index in [4.69, 9.17) is 0 Å². The Morgan fingerprint density at radius 2 is 2.00 bits per heavy atom. The minimum atomic E-state index is 0.151. The Kier molecular flexibility index (Phi) is 4.18. The maximum Gasteiger partial charge on any atom is 0.272 e. The van der Waals surface area contributed by atoms with Crippen molar-refractivity contribution in [1.29, 1.82) is 0 Å². The number of carbonyl (C=O) groups is 1. The van der Waals surface area contributed by atoms with Gasteiger partial charge in [0, 0.05) is 25.8 Å². The first-order valence-corrected chi connectivity index (χ1v) is 6.64. The Labute approximate surface area is 103 Å². The van der Waals surface area contributed by atoms with Crippen LogP contribution in [0.2, 0.25) is 0 Å². The van der Waals surface area contributed by atoms with Crippen LogP contribution in [-0.4, -0.2) is 33.7 Å². The van der Waals surface area contributed by atoms with E-state index in [9.17, 15) is 4.79 Å². The predicted molar refractivity (Wildman–Crippen MR) is 66.9 cm³/mol. The standard InChI is InChI=1S/C13H21N3O/c1-2-9-16-12(7-8-14-16)13(17)15-10-5-3-4-6-11-15/h7-8H,2-6,9-11H2,1H3. The lowest BCUT2D eigenvalue weighted by Gasteiger charge is -2.20. The van der Waals surface area contributed by atoms with E-state index in [2.05, 4.69) is 12.0 Å². The molecule has 1 aromatic heterocycles. The summed E-state index contributed by atoms with van der Waals surface area (Å²) < 4.78 is 1.83. The van der Waals surface area contributed by atoms with Crippen LogP contribution in [0.15, 0.2) is 12.3 Å². The topological polar surface area (TPSA) is 38.1 Å². The van der Waals surface area contributed by atoms with Gasteiger partial charge in [-0.25, -0.2) is 0 Å². The molecule has 0 aliphatic carbocycles. The van der Waals surface area contributed by atoms with Gasteiger partial charge in [0.2, 0.25) is 0 Å². The van der Waals surface area contributed by atoms with Gasteiger partial charge in [0.1, 0.15) is 5.69 Å². The van der Waals surface area contributed by atoms with Crippen LogP contribution in [0.4, 0.5) is 0 Å². The molecular weight excluding hydrogens is 214 g/mol. The summed E-state index contributed by atoms with van der Waals surface area (Å²) in [6.45, 7) is 4.72. The number of rotatable bonds is 3. The Balaban J connectivity index is 2.09. The van der Waals surface area contributed by atoms with Gasteiger partial charge in [-0.1, -0.05) is 19.8 Å². The van der Waals surface area contributed by atoms with E-state index in [1.165, 1.54) is 12.8 Å². The number of aryl methyl sites for hydroxylation is 1. The summed E-state index contributed by atoms with van der Waals surface area (Å²) >= 11 is 0. The van der Waals surface area contributed by atoms with Crippen molar-refractivity contribution in [3.63, 3.8) is 0 Å². The fourth-order valence-corrected chi connectivity index (χ4v) is 2.34. The van der Waals surface area contributed by atoms with E-state index in [1.54, 1.807) is 6.20 Å². The van der Waals surface area contributed by atoms with Crippen molar-refractivity contribution in [3.8, 4) is 0 Å². The van der Waals surface area contributed by atoms with Crippen LogP contribution in [0, 0.1) is 0 Å². The molecule has 0 bridgehead atoms. The predicted octanol–water partition coefficient (Wildman–Crippen LogP) is 2.31. The number of amides is 1. The van der Waals surface area contributed by atoms with Gasteiger partial charge in [-0.15, -0.1) is 0 Å². The van der Waals surface area contributed by atoms with Crippen molar-refractivity contribution in [2.24, 2.45) is 0 Å². The van der Waals surface area contributed by atoms with Gasteiger partial charge < -0.3 is 4.90 Å². The Bertz CT molecular complexity index is 364. The van der Waals surface area contributed by atoms with Gasteiger partial charge in [0.15, 0.2) is 0 Å². The zero-order valence-electron chi connectivity index (χ0n) is 10.6. The second-order valence-corrected chi connectivity index (χ2v) is 4.65. The summed E-state index contributed by atoms with van der Waals surface area (Å²) in [5, 5.41) is 4.21. The van der Waals surface area contributed by atoms with Crippen LogP contribution in [-0.2, 0) is 6.54 Å². The minimum Gasteiger partial charge on any atom is -0.337 e. The summed E-state index contributed by atoms with van der Waals surface area (Å²) in [5.74, 6) is 0.151. The number of hydrogen-bond donors (Lipinski definition) is 0. The molecular formula is C13H21N3O. The molecule has 17 heavy (non-hydrogen) atoms.